The van der Waals surface area contributed by atoms with E-state index in [2.05, 4.69) is 12.2 Å². The molecule has 1 aromatic rings. The second-order valence-corrected chi connectivity index (χ2v) is 10.6. The van der Waals surface area contributed by atoms with Gasteiger partial charge in [-0.2, -0.15) is 0 Å². The smallest absolute Gasteiger partial charge is 0.329 e. The monoisotopic (exact) mass is 541 g/mol. The van der Waals surface area contributed by atoms with Gasteiger partial charge in [0.1, 0.15) is 11.9 Å². The van der Waals surface area contributed by atoms with E-state index >= 15 is 0 Å². The summed E-state index contributed by atoms with van der Waals surface area (Å²) >= 11 is 0. The first-order valence-corrected chi connectivity index (χ1v) is 15.5. The molecule has 214 valence electrons. The topological polar surface area (TPSA) is 86.2 Å². The molecule has 2 N–H and O–H groups in total. The lowest BCUT2D eigenvalue weighted by molar-refractivity contribution is -0.135. The molecule has 0 aliphatic carbocycles. The van der Waals surface area contributed by atoms with Crippen LogP contribution in [0.5, 0.6) is 5.75 Å². The van der Waals surface area contributed by atoms with Crippen molar-refractivity contribution in [2.24, 2.45) is 0 Å². The lowest BCUT2D eigenvalue weighted by Gasteiger charge is -2.19. The van der Waals surface area contributed by atoms with Crippen LogP contribution in [-0.2, 0) is 25.0 Å². The van der Waals surface area contributed by atoms with Crippen molar-refractivity contribution < 1.29 is 28.2 Å². The van der Waals surface area contributed by atoms with Crippen LogP contribution >= 0.6 is 8.60 Å². The zero-order valence-electron chi connectivity index (χ0n) is 23.3. The van der Waals surface area contributed by atoms with Crippen LogP contribution in [-0.4, -0.2) is 50.9 Å². The molecule has 1 rings (SSSR count). The molecule has 37 heavy (non-hydrogen) atoms. The van der Waals surface area contributed by atoms with Crippen LogP contribution < -0.4 is 10.1 Å². The van der Waals surface area contributed by atoms with Crippen molar-refractivity contribution >= 4 is 15.1 Å². The summed E-state index contributed by atoms with van der Waals surface area (Å²) in [5, 5.41) is 3.07. The number of para-hydroxylation sites is 1. The maximum absolute atomic E-state index is 11.0. The summed E-state index contributed by atoms with van der Waals surface area (Å²) in [7, 11) is -0.0975. The molecule has 0 amide bonds. The molecule has 0 fully saturated rings. The Balaban J connectivity index is 2.24. The van der Waals surface area contributed by atoms with Gasteiger partial charge < -0.3 is 28.7 Å². The third-order valence-corrected chi connectivity index (χ3v) is 7.09. The van der Waals surface area contributed by atoms with Gasteiger partial charge in [-0.15, -0.1) is 0 Å². The maximum atomic E-state index is 11.0. The molecule has 1 aromatic carbocycles. The van der Waals surface area contributed by atoms with Crippen LogP contribution in [0.1, 0.15) is 102 Å². The van der Waals surface area contributed by atoms with Gasteiger partial charge in [0.2, 0.25) is 0 Å². The molecule has 0 spiro atoms. The molecule has 0 aliphatic heterocycles. The molecule has 0 saturated heterocycles. The molecule has 2 atom stereocenters. The number of ether oxygens (including phenoxy) is 2. The van der Waals surface area contributed by atoms with Crippen molar-refractivity contribution in [2.75, 3.05) is 33.4 Å². The molecule has 0 aromatic heterocycles. The van der Waals surface area contributed by atoms with Gasteiger partial charge in [0.25, 0.3) is 6.47 Å². The number of rotatable bonds is 27. The number of nitrogens with one attached hydrogen (secondary N) is 1. The molecule has 0 aliphatic rings. The second kappa shape index (κ2) is 25.1. The minimum Gasteiger partial charge on any atom is -0.493 e. The van der Waals surface area contributed by atoms with Crippen LogP contribution in [0.15, 0.2) is 24.3 Å². The van der Waals surface area contributed by atoms with E-state index in [1.165, 1.54) is 70.6 Å². The number of unbranched alkanes of at least 4 members (excludes halogenated alkanes) is 12. The van der Waals surface area contributed by atoms with E-state index in [-0.39, 0.29) is 6.61 Å². The van der Waals surface area contributed by atoms with Crippen molar-refractivity contribution in [1.29, 1.82) is 0 Å². The number of carbonyl (C=O) groups is 1. The van der Waals surface area contributed by atoms with E-state index < -0.39 is 14.7 Å². The van der Waals surface area contributed by atoms with E-state index in [9.17, 15) is 9.69 Å². The van der Waals surface area contributed by atoms with Crippen molar-refractivity contribution in [2.45, 2.75) is 109 Å². The average Bonchev–Trinajstić information content (AvgIpc) is 2.90. The summed E-state index contributed by atoms with van der Waals surface area (Å²) in [6, 6.07) is 7.81. The maximum Gasteiger partial charge on any atom is 0.329 e. The van der Waals surface area contributed by atoms with Crippen LogP contribution in [0, 0.1) is 0 Å². The van der Waals surface area contributed by atoms with Gasteiger partial charge in [0.15, 0.2) is 0 Å². The summed E-state index contributed by atoms with van der Waals surface area (Å²) in [5.74, 6) is 0.803. The molecule has 7 nitrogen and oxygen atoms in total. The van der Waals surface area contributed by atoms with E-state index in [0.29, 0.717) is 26.1 Å². The molecule has 2 unspecified atom stereocenters. The van der Waals surface area contributed by atoms with Crippen molar-refractivity contribution in [3.8, 4) is 5.75 Å². The first kappa shape index (κ1) is 33.8. The fraction of sp³-hybridized carbons (Fsp3) is 0.759. The van der Waals surface area contributed by atoms with Gasteiger partial charge in [0, 0.05) is 6.42 Å². The highest BCUT2D eigenvalue weighted by Crippen LogP contribution is 2.33. The van der Waals surface area contributed by atoms with Gasteiger partial charge in [-0.05, 0) is 44.5 Å². The summed E-state index contributed by atoms with van der Waals surface area (Å²) in [6.45, 7) is 4.75. The minimum atomic E-state index is -2.00. The minimum absolute atomic E-state index is 0.0601. The fourth-order valence-corrected chi connectivity index (χ4v) is 4.79. The number of carbonyl (C=O) groups excluding carboxylic acids is 1. The average molecular weight is 542 g/mol. The Bertz CT molecular complexity index is 651. The van der Waals surface area contributed by atoms with Crippen LogP contribution in [0.3, 0.4) is 0 Å². The third-order valence-electron chi connectivity index (χ3n) is 6.32. The van der Waals surface area contributed by atoms with E-state index in [0.717, 1.165) is 37.1 Å². The highest BCUT2D eigenvalue weighted by atomic mass is 31.2. The highest BCUT2D eigenvalue weighted by Gasteiger charge is 2.17. The Hall–Kier alpha value is -1.24. The number of hydrogen-bond donors (Lipinski definition) is 2. The zero-order valence-corrected chi connectivity index (χ0v) is 24.2. The fourth-order valence-electron chi connectivity index (χ4n) is 4.14. The van der Waals surface area contributed by atoms with Gasteiger partial charge in [-0.1, -0.05) is 95.8 Å². The van der Waals surface area contributed by atoms with Crippen molar-refractivity contribution in [3.63, 3.8) is 0 Å². The molecular formula is C29H52NO6P. The van der Waals surface area contributed by atoms with Gasteiger partial charge in [-0.25, -0.2) is 0 Å². The third kappa shape index (κ3) is 19.5. The Labute approximate surface area is 227 Å². The standard InChI is InChI=1S/C29H52NO6P/c1-3-4-5-6-7-8-9-10-11-12-13-17-22-33-29-20-15-14-19-27(29)24-28(34-26-31)25-36-37(32)35-23-18-16-21-30-2/h14-15,19-20,26,28,30,32H,3-13,16-18,21-25H2,1-2H3. The summed E-state index contributed by atoms with van der Waals surface area (Å²) in [5.41, 5.74) is 0.951. The van der Waals surface area contributed by atoms with Gasteiger partial charge in [0.05, 0.1) is 19.8 Å². The highest BCUT2D eigenvalue weighted by molar-refractivity contribution is 7.40. The van der Waals surface area contributed by atoms with Crippen LogP contribution in [0.4, 0.5) is 0 Å². The van der Waals surface area contributed by atoms with Crippen molar-refractivity contribution in [1.82, 2.24) is 5.32 Å². The Kier molecular flexibility index (Phi) is 22.9. The largest absolute Gasteiger partial charge is 0.493 e. The van der Waals surface area contributed by atoms with Crippen LogP contribution in [0.25, 0.3) is 0 Å². The SMILES string of the molecule is CCCCCCCCCCCCCCOc1ccccc1CC(COP(O)OCCCCNC)OC=O. The molecule has 0 heterocycles. The summed E-state index contributed by atoms with van der Waals surface area (Å²) in [6.07, 6.45) is 17.5. The molecule has 0 bridgehead atoms. The van der Waals surface area contributed by atoms with Gasteiger partial charge >= 0.3 is 8.60 Å². The molecular weight excluding hydrogens is 489 g/mol. The molecule has 8 heteroatoms. The van der Waals surface area contributed by atoms with E-state index in [1.54, 1.807) is 0 Å². The quantitative estimate of drug-likeness (QED) is 0.0698. The summed E-state index contributed by atoms with van der Waals surface area (Å²) in [4.78, 5) is 21.0. The van der Waals surface area contributed by atoms with E-state index in [4.69, 9.17) is 18.5 Å². The first-order chi connectivity index (χ1) is 18.2. The zero-order chi connectivity index (χ0) is 26.8. The predicted molar refractivity (Wildman–Crippen MR) is 152 cm³/mol. The lowest BCUT2D eigenvalue weighted by Crippen LogP contribution is -2.22. The normalized spacial score (nSPS) is 12.8. The van der Waals surface area contributed by atoms with Crippen molar-refractivity contribution in [3.05, 3.63) is 29.8 Å². The summed E-state index contributed by atoms with van der Waals surface area (Å²) < 4.78 is 22.0. The number of benzene rings is 1. The Morgan fingerprint density at radius 1 is 0.865 bits per heavy atom. The Morgan fingerprint density at radius 3 is 2.14 bits per heavy atom. The lowest BCUT2D eigenvalue weighted by atomic mass is 10.1. The van der Waals surface area contributed by atoms with E-state index in [1.807, 2.05) is 31.3 Å². The van der Waals surface area contributed by atoms with Crippen LogP contribution in [0.2, 0.25) is 0 Å². The Morgan fingerprint density at radius 2 is 1.49 bits per heavy atom. The molecule has 0 saturated carbocycles. The predicted octanol–water partition coefficient (Wildman–Crippen LogP) is 7.10. The molecule has 0 radical (unpaired) electrons. The first-order valence-electron chi connectivity index (χ1n) is 14.4. The second-order valence-electron chi connectivity index (χ2n) is 9.58. The number of hydrogen-bond acceptors (Lipinski definition) is 7. The van der Waals surface area contributed by atoms with Gasteiger partial charge in [-0.3, -0.25) is 4.79 Å².